The summed E-state index contributed by atoms with van der Waals surface area (Å²) in [5, 5.41) is 31.3. The summed E-state index contributed by atoms with van der Waals surface area (Å²) in [5.74, 6) is -0.0182. The molecule has 0 aliphatic carbocycles. The zero-order valence-electron chi connectivity index (χ0n) is 9.69. The molecule has 0 saturated heterocycles. The van der Waals surface area contributed by atoms with Gasteiger partial charge in [0.1, 0.15) is 11.5 Å². The zero-order chi connectivity index (χ0) is 14.2. The number of hydrogen-bond donors (Lipinski definition) is 1. The van der Waals surface area contributed by atoms with Gasteiger partial charge in [-0.2, -0.15) is 0 Å². The van der Waals surface area contributed by atoms with Crippen LogP contribution in [0.5, 0.6) is 5.75 Å². The first-order valence-corrected chi connectivity index (χ1v) is 5.12. The van der Waals surface area contributed by atoms with E-state index in [1.165, 1.54) is 6.07 Å². The molecule has 0 aliphatic rings. The van der Waals surface area contributed by atoms with Crippen molar-refractivity contribution in [1.82, 2.24) is 0 Å². The van der Waals surface area contributed by atoms with E-state index in [2.05, 4.69) is 0 Å². The van der Waals surface area contributed by atoms with E-state index >= 15 is 0 Å². The third-order valence-electron chi connectivity index (χ3n) is 2.49. The fourth-order valence-corrected chi connectivity index (χ4v) is 1.62. The first kappa shape index (κ1) is 12.6. The second kappa shape index (κ2) is 4.41. The zero-order valence-corrected chi connectivity index (χ0v) is 9.69. The van der Waals surface area contributed by atoms with Crippen molar-refractivity contribution in [3.63, 3.8) is 0 Å². The van der Waals surface area contributed by atoms with E-state index in [9.17, 15) is 25.3 Å². The van der Waals surface area contributed by atoms with Gasteiger partial charge in [0.15, 0.2) is 0 Å². The fourth-order valence-electron chi connectivity index (χ4n) is 1.62. The quantitative estimate of drug-likeness (QED) is 0.672. The molecular formula is C11H8N2O6. The van der Waals surface area contributed by atoms with Crippen LogP contribution in [0.3, 0.4) is 0 Å². The summed E-state index contributed by atoms with van der Waals surface area (Å²) >= 11 is 0. The largest absolute Gasteiger partial charge is 0.502 e. The second-order valence-electron chi connectivity index (χ2n) is 3.79. The summed E-state index contributed by atoms with van der Waals surface area (Å²) in [6, 6.07) is 4.78. The van der Waals surface area contributed by atoms with Gasteiger partial charge in [-0.05, 0) is 19.1 Å². The number of nitro benzene ring substituents is 2. The molecule has 0 radical (unpaired) electrons. The van der Waals surface area contributed by atoms with Crippen molar-refractivity contribution in [2.24, 2.45) is 0 Å². The molecule has 0 saturated carbocycles. The smallest absolute Gasteiger partial charge is 0.318 e. The highest BCUT2D eigenvalue weighted by Gasteiger charge is 2.25. The minimum atomic E-state index is -0.887. The number of rotatable bonds is 3. The van der Waals surface area contributed by atoms with Crippen molar-refractivity contribution in [2.75, 3.05) is 0 Å². The standard InChI is InChI=1S/C11H8N2O6/c1-6-2-3-10(19-6)8-4-7(12(15)16)5-9(11(8)14)13(17)18/h2-5,14H,1H3. The Bertz CT molecular complexity index is 676. The van der Waals surface area contributed by atoms with Gasteiger partial charge in [0.2, 0.25) is 5.75 Å². The van der Waals surface area contributed by atoms with Crippen molar-refractivity contribution < 1.29 is 19.4 Å². The molecule has 1 heterocycles. The van der Waals surface area contributed by atoms with E-state index in [1.54, 1.807) is 13.0 Å². The lowest BCUT2D eigenvalue weighted by atomic mass is 10.1. The molecule has 0 bridgehead atoms. The molecule has 0 spiro atoms. The molecule has 0 amide bonds. The Morgan fingerprint density at radius 3 is 2.32 bits per heavy atom. The molecular weight excluding hydrogens is 256 g/mol. The Kier molecular flexibility index (Phi) is 2.91. The molecule has 1 aromatic heterocycles. The van der Waals surface area contributed by atoms with Crippen LogP contribution in [0.25, 0.3) is 11.3 Å². The number of phenols is 1. The molecule has 2 aromatic rings. The van der Waals surface area contributed by atoms with E-state index in [4.69, 9.17) is 4.42 Å². The third-order valence-corrected chi connectivity index (χ3v) is 2.49. The maximum absolute atomic E-state index is 10.8. The lowest BCUT2D eigenvalue weighted by Crippen LogP contribution is -1.94. The maximum atomic E-state index is 10.8. The number of nitro groups is 2. The van der Waals surface area contributed by atoms with Gasteiger partial charge in [-0.25, -0.2) is 0 Å². The highest BCUT2D eigenvalue weighted by Crippen LogP contribution is 2.40. The minimum Gasteiger partial charge on any atom is -0.502 e. The molecule has 1 N–H and O–H groups in total. The van der Waals surface area contributed by atoms with E-state index in [0.717, 1.165) is 6.07 Å². The van der Waals surface area contributed by atoms with Crippen LogP contribution < -0.4 is 0 Å². The molecule has 0 fully saturated rings. The number of furan rings is 1. The van der Waals surface area contributed by atoms with Gasteiger partial charge in [-0.1, -0.05) is 0 Å². The van der Waals surface area contributed by atoms with Crippen LogP contribution in [0, 0.1) is 27.2 Å². The highest BCUT2D eigenvalue weighted by molar-refractivity contribution is 5.75. The summed E-state index contributed by atoms with van der Waals surface area (Å²) in [4.78, 5) is 19.9. The van der Waals surface area contributed by atoms with Crippen LogP contribution in [-0.4, -0.2) is 15.0 Å². The second-order valence-corrected chi connectivity index (χ2v) is 3.79. The number of aryl methyl sites for hydroxylation is 1. The maximum Gasteiger partial charge on any atom is 0.318 e. The van der Waals surface area contributed by atoms with E-state index < -0.39 is 27.0 Å². The normalized spacial score (nSPS) is 10.4. The monoisotopic (exact) mass is 264 g/mol. The van der Waals surface area contributed by atoms with E-state index in [-0.39, 0.29) is 11.3 Å². The van der Waals surface area contributed by atoms with Gasteiger partial charge in [-0.15, -0.1) is 0 Å². The van der Waals surface area contributed by atoms with Crippen LogP contribution >= 0.6 is 0 Å². The van der Waals surface area contributed by atoms with Crippen LogP contribution in [0.4, 0.5) is 11.4 Å². The molecule has 98 valence electrons. The average Bonchev–Trinajstić information content (AvgIpc) is 2.75. The number of non-ortho nitro benzene ring substituents is 1. The molecule has 2 rings (SSSR count). The fraction of sp³-hybridized carbons (Fsp3) is 0.0909. The van der Waals surface area contributed by atoms with Crippen molar-refractivity contribution in [2.45, 2.75) is 6.92 Å². The predicted molar refractivity (Wildman–Crippen MR) is 63.9 cm³/mol. The summed E-state index contributed by atoms with van der Waals surface area (Å²) in [6.45, 7) is 1.65. The molecule has 8 nitrogen and oxygen atoms in total. The van der Waals surface area contributed by atoms with Crippen molar-refractivity contribution >= 4 is 11.4 Å². The Balaban J connectivity index is 2.72. The highest BCUT2D eigenvalue weighted by atomic mass is 16.6. The first-order valence-electron chi connectivity index (χ1n) is 5.12. The van der Waals surface area contributed by atoms with Gasteiger partial charge < -0.3 is 9.52 Å². The van der Waals surface area contributed by atoms with Gasteiger partial charge in [0, 0.05) is 6.07 Å². The van der Waals surface area contributed by atoms with Crippen molar-refractivity contribution in [1.29, 1.82) is 0 Å². The molecule has 19 heavy (non-hydrogen) atoms. The lowest BCUT2D eigenvalue weighted by molar-refractivity contribution is -0.394. The van der Waals surface area contributed by atoms with Gasteiger partial charge >= 0.3 is 5.69 Å². The van der Waals surface area contributed by atoms with Gasteiger partial charge in [0.05, 0.1) is 21.5 Å². The summed E-state index contributed by atoms with van der Waals surface area (Å²) in [6.07, 6.45) is 0. The summed E-state index contributed by atoms with van der Waals surface area (Å²) in [7, 11) is 0. The Morgan fingerprint density at radius 1 is 1.16 bits per heavy atom. The van der Waals surface area contributed by atoms with Gasteiger partial charge in [-0.3, -0.25) is 20.2 Å². The SMILES string of the molecule is Cc1ccc(-c2cc([N+](=O)[O-])cc([N+](=O)[O-])c2O)o1. The summed E-state index contributed by atoms with van der Waals surface area (Å²) in [5.41, 5.74) is -1.32. The Hall–Kier alpha value is -2.90. The average molecular weight is 264 g/mol. The molecule has 0 aliphatic heterocycles. The van der Waals surface area contributed by atoms with E-state index in [1.807, 2.05) is 0 Å². The van der Waals surface area contributed by atoms with Crippen molar-refractivity contribution in [3.05, 3.63) is 50.3 Å². The number of benzene rings is 1. The number of hydrogen-bond acceptors (Lipinski definition) is 6. The Labute approximate surface area is 106 Å². The third kappa shape index (κ3) is 2.23. The number of phenolic OH excluding ortho intramolecular Hbond substituents is 1. The van der Waals surface area contributed by atoms with Gasteiger partial charge in [0.25, 0.3) is 5.69 Å². The van der Waals surface area contributed by atoms with Crippen LogP contribution in [0.15, 0.2) is 28.7 Å². The van der Waals surface area contributed by atoms with Crippen LogP contribution in [0.2, 0.25) is 0 Å². The van der Waals surface area contributed by atoms with Crippen LogP contribution in [-0.2, 0) is 0 Å². The number of aromatic hydroxyl groups is 1. The predicted octanol–water partition coefficient (Wildman–Crippen LogP) is 2.78. The lowest BCUT2D eigenvalue weighted by Gasteiger charge is -2.02. The topological polar surface area (TPSA) is 120 Å². The summed E-state index contributed by atoms with van der Waals surface area (Å²) < 4.78 is 5.21. The van der Waals surface area contributed by atoms with Crippen LogP contribution in [0.1, 0.15) is 5.76 Å². The van der Waals surface area contributed by atoms with Crippen molar-refractivity contribution in [3.8, 4) is 17.1 Å². The molecule has 0 unspecified atom stereocenters. The molecule has 1 aromatic carbocycles. The Morgan fingerprint density at radius 2 is 1.84 bits per heavy atom. The first-order chi connectivity index (χ1) is 8.90. The molecule has 0 atom stereocenters. The number of nitrogens with zero attached hydrogens (tertiary/aromatic N) is 2. The van der Waals surface area contributed by atoms with E-state index in [0.29, 0.717) is 11.8 Å². The minimum absolute atomic E-state index is 0.0889. The molecule has 8 heteroatoms.